The number of anilines is 1. The van der Waals surface area contributed by atoms with Gasteiger partial charge in [0.1, 0.15) is 35.4 Å². The van der Waals surface area contributed by atoms with Gasteiger partial charge in [-0.3, -0.25) is 44.0 Å². The van der Waals surface area contributed by atoms with E-state index in [0.717, 1.165) is 61.8 Å². The number of aromatic nitrogens is 4. The molecule has 2 unspecified atom stereocenters. The third-order valence-corrected chi connectivity index (χ3v) is 13.3. The molecule has 9 rings (SSSR count). The van der Waals surface area contributed by atoms with Crippen molar-refractivity contribution in [1.82, 2.24) is 44.7 Å². The number of hydrogen-bond donors (Lipinski definition) is 2. The number of carbonyl (C=O) groups excluding carboxylic acids is 5. The Morgan fingerprint density at radius 1 is 0.862 bits per heavy atom. The first kappa shape index (κ1) is 43.8. The predicted molar refractivity (Wildman–Crippen MR) is 243 cm³/mol. The maximum Gasteiger partial charge on any atom is 0.263 e. The van der Waals surface area contributed by atoms with Crippen LogP contribution >= 0.6 is 11.8 Å². The fourth-order valence-corrected chi connectivity index (χ4v) is 9.76. The number of likely N-dealkylation sites (tertiary alicyclic amines) is 1. The van der Waals surface area contributed by atoms with Crippen molar-refractivity contribution in [3.8, 4) is 22.8 Å². The molecule has 0 spiro atoms. The van der Waals surface area contributed by atoms with Crippen LogP contribution in [0, 0.1) is 0 Å². The van der Waals surface area contributed by atoms with E-state index in [0.29, 0.717) is 77.4 Å². The number of nitrogens with one attached hydrogen (secondary N) is 1. The molecular weight excluding hydrogens is 849 g/mol. The van der Waals surface area contributed by atoms with Gasteiger partial charge in [-0.25, -0.2) is 14.6 Å². The number of piperazine rings is 1. The predicted octanol–water partition coefficient (Wildman–Crippen LogP) is 4.42. The van der Waals surface area contributed by atoms with E-state index in [1.54, 1.807) is 24.3 Å². The summed E-state index contributed by atoms with van der Waals surface area (Å²) in [5, 5.41) is 7.95. The van der Waals surface area contributed by atoms with E-state index in [1.807, 2.05) is 70.3 Å². The molecule has 5 amide bonds. The molecule has 6 heterocycles. The van der Waals surface area contributed by atoms with E-state index in [4.69, 9.17) is 20.3 Å². The number of nitrogens with two attached hydrogens (primary N) is 1. The number of hydrogen-bond acceptors (Lipinski definition) is 14. The van der Waals surface area contributed by atoms with Crippen LogP contribution in [-0.4, -0.2) is 146 Å². The first-order valence-corrected chi connectivity index (χ1v) is 23.0. The van der Waals surface area contributed by atoms with Crippen LogP contribution in [0.25, 0.3) is 22.3 Å². The first-order valence-electron chi connectivity index (χ1n) is 22.0. The summed E-state index contributed by atoms with van der Waals surface area (Å²) in [5.41, 5.74) is 9.18. The van der Waals surface area contributed by atoms with Gasteiger partial charge in [0.05, 0.1) is 35.8 Å². The summed E-state index contributed by atoms with van der Waals surface area (Å²) in [6.07, 6.45) is 6.99. The molecule has 17 nitrogen and oxygen atoms in total. The summed E-state index contributed by atoms with van der Waals surface area (Å²) in [5.74, 6) is 0.323. The minimum Gasteiger partial charge on any atom is -0.457 e. The van der Waals surface area contributed by atoms with Crippen molar-refractivity contribution in [2.45, 2.75) is 42.7 Å². The van der Waals surface area contributed by atoms with Gasteiger partial charge >= 0.3 is 0 Å². The number of piperidine rings is 2. The molecule has 0 radical (unpaired) electrons. The number of carbonyl (C=O) groups is 5. The van der Waals surface area contributed by atoms with Crippen LogP contribution in [0.15, 0.2) is 96.2 Å². The molecule has 4 aliphatic heterocycles. The topological polar surface area (TPSA) is 198 Å². The van der Waals surface area contributed by atoms with Gasteiger partial charge in [-0.1, -0.05) is 30.3 Å². The number of rotatable bonds is 15. The van der Waals surface area contributed by atoms with Crippen LogP contribution in [0.2, 0.25) is 0 Å². The highest BCUT2D eigenvalue weighted by atomic mass is 32.2. The summed E-state index contributed by atoms with van der Waals surface area (Å²) in [7, 11) is 0. The van der Waals surface area contributed by atoms with Crippen LogP contribution < -0.4 is 15.8 Å². The summed E-state index contributed by atoms with van der Waals surface area (Å²) in [6.45, 7) is 7.23. The first-order chi connectivity index (χ1) is 31.7. The number of thioether (sulfide) groups is 1. The van der Waals surface area contributed by atoms with E-state index < -0.39 is 29.7 Å². The van der Waals surface area contributed by atoms with Crippen LogP contribution in [-0.2, 0) is 19.1 Å². The molecule has 65 heavy (non-hydrogen) atoms. The minimum atomic E-state index is -0.995. The van der Waals surface area contributed by atoms with Gasteiger partial charge in [0.25, 0.3) is 11.8 Å². The Bertz CT molecular complexity index is 2620. The lowest BCUT2D eigenvalue weighted by molar-refractivity contribution is -0.136. The molecule has 4 aliphatic rings. The Balaban J connectivity index is 0.705. The smallest absolute Gasteiger partial charge is 0.263 e. The van der Waals surface area contributed by atoms with Gasteiger partial charge in [-0.05, 0) is 67.8 Å². The fraction of sp³-hybridized carbons (Fsp3) is 0.362. The van der Waals surface area contributed by atoms with Gasteiger partial charge in [0.15, 0.2) is 5.65 Å². The second-order valence-corrected chi connectivity index (χ2v) is 17.5. The lowest BCUT2D eigenvalue weighted by atomic mass is 10.0. The molecule has 0 aliphatic carbocycles. The number of fused-ring (bicyclic) bond motifs is 2. The molecule has 3 N–H and O–H groups in total. The zero-order chi connectivity index (χ0) is 44.9. The number of benzene rings is 3. The van der Waals surface area contributed by atoms with Gasteiger partial charge in [-0.2, -0.15) is 5.10 Å². The number of ether oxygens (including phenoxy) is 2. The minimum absolute atomic E-state index is 0.0191. The normalized spacial score (nSPS) is 19.6. The Kier molecular flexibility index (Phi) is 13.3. The number of nitrogens with zero attached hydrogens (tertiary/aromatic N) is 8. The summed E-state index contributed by atoms with van der Waals surface area (Å²) >= 11 is 1.44. The third kappa shape index (κ3) is 9.66. The molecule has 0 bridgehead atoms. The van der Waals surface area contributed by atoms with E-state index in [1.165, 1.54) is 18.1 Å². The van der Waals surface area contributed by atoms with Crippen LogP contribution in [0.5, 0.6) is 11.5 Å². The van der Waals surface area contributed by atoms with Crippen molar-refractivity contribution in [2.24, 2.45) is 0 Å². The lowest BCUT2D eigenvalue weighted by Crippen LogP contribution is -2.54. The molecule has 3 saturated heterocycles. The largest absolute Gasteiger partial charge is 0.457 e. The maximum absolute atomic E-state index is 13.5. The van der Waals surface area contributed by atoms with Crippen LogP contribution in [0.4, 0.5) is 5.82 Å². The molecule has 3 fully saturated rings. The van der Waals surface area contributed by atoms with Gasteiger partial charge in [0, 0.05) is 81.1 Å². The summed E-state index contributed by atoms with van der Waals surface area (Å²) in [6, 6.07) is 21.4. The van der Waals surface area contributed by atoms with E-state index in [9.17, 15) is 24.0 Å². The summed E-state index contributed by atoms with van der Waals surface area (Å²) in [4.78, 5) is 81.2. The van der Waals surface area contributed by atoms with Crippen molar-refractivity contribution >= 4 is 58.1 Å². The Labute approximate surface area is 379 Å². The van der Waals surface area contributed by atoms with Crippen molar-refractivity contribution in [2.75, 3.05) is 77.1 Å². The molecule has 336 valence electrons. The molecular formula is C47H50N10O7S. The second kappa shape index (κ2) is 19.7. The van der Waals surface area contributed by atoms with E-state index >= 15 is 0 Å². The number of amides is 5. The van der Waals surface area contributed by atoms with Crippen LogP contribution in [0.1, 0.15) is 52.4 Å². The quantitative estimate of drug-likeness (QED) is 0.0648. The van der Waals surface area contributed by atoms with Crippen molar-refractivity contribution in [3.05, 3.63) is 102 Å². The third-order valence-electron chi connectivity index (χ3n) is 12.2. The summed E-state index contributed by atoms with van der Waals surface area (Å²) < 4.78 is 13.8. The highest BCUT2D eigenvalue weighted by Gasteiger charge is 2.45. The molecule has 2 aromatic heterocycles. The van der Waals surface area contributed by atoms with Crippen molar-refractivity contribution in [3.63, 3.8) is 0 Å². The molecule has 3 aromatic carbocycles. The Hall–Kier alpha value is -6.47. The fourth-order valence-electron chi connectivity index (χ4n) is 8.83. The molecule has 5 aromatic rings. The molecule has 18 heteroatoms. The van der Waals surface area contributed by atoms with Gasteiger partial charge in [0.2, 0.25) is 17.7 Å². The molecule has 2 atom stereocenters. The zero-order valence-electron chi connectivity index (χ0n) is 35.8. The zero-order valence-corrected chi connectivity index (χ0v) is 36.7. The Morgan fingerprint density at radius 2 is 1.65 bits per heavy atom. The number of para-hydroxylation sites is 1. The standard InChI is InChI=1S/C47H50N10O7S/c48-43-41-42(31-13-15-34(16-14-31)64-33-8-2-1-3-9-33)52-57(44(41)50-30-49-43)32-7-5-20-55(29-32)39(59)12-6-19-53-21-23-54(24-22-53)25-26-63-27-28-65-37-11-4-10-35-40(37)47(62)56(46(35)61)36-17-18-38(58)51-45(36)60/h1-4,6,8-16,30,32,36H,5,7,17-29H2,(H2,48,49,50)(H,51,58,60)/b12-6+. The van der Waals surface area contributed by atoms with E-state index in [2.05, 4.69) is 25.1 Å². The van der Waals surface area contributed by atoms with E-state index in [-0.39, 0.29) is 30.4 Å². The molecule has 0 saturated carbocycles. The second-order valence-electron chi connectivity index (χ2n) is 16.4. The van der Waals surface area contributed by atoms with Crippen molar-refractivity contribution in [1.29, 1.82) is 0 Å². The highest BCUT2D eigenvalue weighted by molar-refractivity contribution is 7.99. The Morgan fingerprint density at radius 3 is 2.45 bits per heavy atom. The maximum atomic E-state index is 13.5. The lowest BCUT2D eigenvalue weighted by Gasteiger charge is -2.34. The van der Waals surface area contributed by atoms with Crippen molar-refractivity contribution < 1.29 is 33.4 Å². The van der Waals surface area contributed by atoms with Crippen LogP contribution in [0.3, 0.4) is 0 Å². The highest BCUT2D eigenvalue weighted by Crippen LogP contribution is 2.36. The van der Waals surface area contributed by atoms with Gasteiger partial charge < -0.3 is 20.1 Å². The number of nitrogen functional groups attached to an aromatic ring is 1. The number of imide groups is 2. The SMILES string of the molecule is Nc1ncnc2c1c(-c1ccc(Oc3ccccc3)cc1)nn2C1CCCN(C(=O)/C=C/CN2CCN(CCOCCSc3cccc4c3C(=O)N(C3CCC(=O)NC3=O)C4=O)CC2)C1. The average molecular weight is 899 g/mol. The monoisotopic (exact) mass is 898 g/mol. The average Bonchev–Trinajstić information content (AvgIpc) is 3.84. The van der Waals surface area contributed by atoms with Gasteiger partial charge in [-0.15, -0.1) is 11.8 Å².